The van der Waals surface area contributed by atoms with Gasteiger partial charge in [-0.1, -0.05) is 30.3 Å². The van der Waals surface area contributed by atoms with Gasteiger partial charge in [-0.15, -0.1) is 0 Å². The lowest BCUT2D eigenvalue weighted by molar-refractivity contribution is 0.0951. The van der Waals surface area contributed by atoms with Crippen molar-refractivity contribution in [3.05, 3.63) is 64.7 Å². The smallest absolute Gasteiger partial charge is 0.253 e. The van der Waals surface area contributed by atoms with Crippen molar-refractivity contribution < 1.29 is 4.79 Å². The standard InChI is InChI=1S/C18H20N2O/c1-12-7-8-16(17(9-12)19-2)18(21)20-11-14-10-13-5-3-4-6-15(13)14/h3-9,14,19H,10-11H2,1-2H3,(H,20,21). The van der Waals surface area contributed by atoms with E-state index in [9.17, 15) is 4.79 Å². The second-order valence-corrected chi connectivity index (χ2v) is 5.61. The number of hydrogen-bond donors (Lipinski definition) is 2. The minimum absolute atomic E-state index is 0.0104. The van der Waals surface area contributed by atoms with Gasteiger partial charge in [-0.2, -0.15) is 0 Å². The van der Waals surface area contributed by atoms with Gasteiger partial charge in [0, 0.05) is 25.2 Å². The lowest BCUT2D eigenvalue weighted by Crippen LogP contribution is -2.33. The normalized spacial score (nSPS) is 15.8. The number of benzene rings is 2. The second-order valence-electron chi connectivity index (χ2n) is 5.61. The Kier molecular flexibility index (Phi) is 3.65. The molecule has 108 valence electrons. The van der Waals surface area contributed by atoms with E-state index in [0.29, 0.717) is 18.0 Å². The van der Waals surface area contributed by atoms with Crippen LogP contribution in [0.25, 0.3) is 0 Å². The van der Waals surface area contributed by atoms with Gasteiger partial charge < -0.3 is 10.6 Å². The summed E-state index contributed by atoms with van der Waals surface area (Å²) in [5, 5.41) is 6.14. The third-order valence-electron chi connectivity index (χ3n) is 4.16. The Hall–Kier alpha value is -2.29. The zero-order valence-corrected chi connectivity index (χ0v) is 12.4. The monoisotopic (exact) mass is 280 g/mol. The molecule has 0 saturated carbocycles. The minimum Gasteiger partial charge on any atom is -0.387 e. The van der Waals surface area contributed by atoms with E-state index in [-0.39, 0.29) is 5.91 Å². The molecule has 2 aromatic rings. The lowest BCUT2D eigenvalue weighted by Gasteiger charge is -2.30. The molecule has 0 bridgehead atoms. The molecule has 0 radical (unpaired) electrons. The highest BCUT2D eigenvalue weighted by Gasteiger charge is 2.25. The molecule has 1 unspecified atom stereocenters. The second kappa shape index (κ2) is 5.60. The molecule has 1 aliphatic carbocycles. The Morgan fingerprint density at radius 2 is 2.05 bits per heavy atom. The molecule has 0 aromatic heterocycles. The van der Waals surface area contributed by atoms with Crippen LogP contribution in [0, 0.1) is 6.92 Å². The molecule has 0 aliphatic heterocycles. The minimum atomic E-state index is -0.0104. The average molecular weight is 280 g/mol. The predicted octanol–water partition coefficient (Wildman–Crippen LogP) is 3.11. The summed E-state index contributed by atoms with van der Waals surface area (Å²) in [4.78, 5) is 12.3. The van der Waals surface area contributed by atoms with Crippen molar-refractivity contribution in [2.75, 3.05) is 18.9 Å². The van der Waals surface area contributed by atoms with Gasteiger partial charge in [0.1, 0.15) is 0 Å². The van der Waals surface area contributed by atoms with E-state index in [4.69, 9.17) is 0 Å². The van der Waals surface area contributed by atoms with Crippen LogP contribution in [0.1, 0.15) is 33.0 Å². The number of anilines is 1. The Bertz CT molecular complexity index is 679. The van der Waals surface area contributed by atoms with Crippen molar-refractivity contribution in [1.82, 2.24) is 5.32 Å². The van der Waals surface area contributed by atoms with Crippen molar-refractivity contribution in [2.45, 2.75) is 19.3 Å². The Morgan fingerprint density at radius 3 is 2.81 bits per heavy atom. The van der Waals surface area contributed by atoms with Crippen LogP contribution in [-0.2, 0) is 6.42 Å². The van der Waals surface area contributed by atoms with Crippen LogP contribution in [0.15, 0.2) is 42.5 Å². The maximum Gasteiger partial charge on any atom is 0.253 e. The molecule has 2 N–H and O–H groups in total. The molecule has 0 heterocycles. The van der Waals surface area contributed by atoms with Gasteiger partial charge in [0.15, 0.2) is 0 Å². The zero-order valence-electron chi connectivity index (χ0n) is 12.4. The highest BCUT2D eigenvalue weighted by atomic mass is 16.1. The van der Waals surface area contributed by atoms with Crippen LogP contribution >= 0.6 is 0 Å². The number of amides is 1. The largest absolute Gasteiger partial charge is 0.387 e. The van der Waals surface area contributed by atoms with Crippen LogP contribution in [0.5, 0.6) is 0 Å². The highest BCUT2D eigenvalue weighted by Crippen LogP contribution is 2.34. The summed E-state index contributed by atoms with van der Waals surface area (Å²) in [6, 6.07) is 14.3. The van der Waals surface area contributed by atoms with Gasteiger partial charge in [0.25, 0.3) is 5.91 Å². The summed E-state index contributed by atoms with van der Waals surface area (Å²) in [5.41, 5.74) is 5.50. The van der Waals surface area contributed by atoms with E-state index >= 15 is 0 Å². The van der Waals surface area contributed by atoms with Crippen LogP contribution in [-0.4, -0.2) is 19.5 Å². The molecule has 0 saturated heterocycles. The topological polar surface area (TPSA) is 41.1 Å². The number of hydrogen-bond acceptors (Lipinski definition) is 2. The summed E-state index contributed by atoms with van der Waals surface area (Å²) in [6.45, 7) is 2.72. The van der Waals surface area contributed by atoms with Gasteiger partial charge in [-0.25, -0.2) is 0 Å². The van der Waals surface area contributed by atoms with Crippen molar-refractivity contribution >= 4 is 11.6 Å². The van der Waals surface area contributed by atoms with Gasteiger partial charge >= 0.3 is 0 Å². The number of nitrogens with one attached hydrogen (secondary N) is 2. The number of carbonyl (C=O) groups excluding carboxylic acids is 1. The van der Waals surface area contributed by atoms with Gasteiger partial charge in [0.05, 0.1) is 5.56 Å². The fraction of sp³-hybridized carbons (Fsp3) is 0.278. The molecule has 0 spiro atoms. The molecular weight excluding hydrogens is 260 g/mol. The van der Waals surface area contributed by atoms with Crippen LogP contribution in [0.4, 0.5) is 5.69 Å². The Balaban J connectivity index is 1.66. The van der Waals surface area contributed by atoms with Crippen LogP contribution in [0.3, 0.4) is 0 Å². The van der Waals surface area contributed by atoms with Gasteiger partial charge in [-0.3, -0.25) is 4.79 Å². The average Bonchev–Trinajstić information content (AvgIpc) is 2.47. The molecule has 21 heavy (non-hydrogen) atoms. The van der Waals surface area contributed by atoms with Crippen molar-refractivity contribution in [3.63, 3.8) is 0 Å². The highest BCUT2D eigenvalue weighted by molar-refractivity contribution is 5.99. The number of aryl methyl sites for hydroxylation is 1. The van der Waals surface area contributed by atoms with Gasteiger partial charge in [0.2, 0.25) is 0 Å². The zero-order chi connectivity index (χ0) is 14.8. The summed E-state index contributed by atoms with van der Waals surface area (Å²) in [7, 11) is 1.84. The Morgan fingerprint density at radius 1 is 1.24 bits per heavy atom. The lowest BCUT2D eigenvalue weighted by atomic mass is 9.77. The predicted molar refractivity (Wildman–Crippen MR) is 85.9 cm³/mol. The summed E-state index contributed by atoms with van der Waals surface area (Å²) in [6.07, 6.45) is 1.06. The van der Waals surface area contributed by atoms with E-state index in [1.807, 2.05) is 32.2 Å². The fourth-order valence-electron chi connectivity index (χ4n) is 2.92. The van der Waals surface area contributed by atoms with Crippen molar-refractivity contribution in [3.8, 4) is 0 Å². The summed E-state index contributed by atoms with van der Waals surface area (Å²) >= 11 is 0. The van der Waals surface area contributed by atoms with Gasteiger partial charge in [-0.05, 0) is 42.2 Å². The number of carbonyl (C=O) groups is 1. The molecule has 1 amide bonds. The maximum atomic E-state index is 12.3. The molecule has 3 rings (SSSR count). The molecule has 3 nitrogen and oxygen atoms in total. The van der Waals surface area contributed by atoms with E-state index in [2.05, 4.69) is 34.9 Å². The molecular formula is C18H20N2O. The van der Waals surface area contributed by atoms with Crippen molar-refractivity contribution in [2.24, 2.45) is 0 Å². The summed E-state index contributed by atoms with van der Waals surface area (Å²) in [5.74, 6) is 0.442. The third kappa shape index (κ3) is 2.64. The van der Waals surface area contributed by atoms with E-state index < -0.39 is 0 Å². The first-order valence-electron chi connectivity index (χ1n) is 7.33. The first-order valence-corrected chi connectivity index (χ1v) is 7.33. The fourth-order valence-corrected chi connectivity index (χ4v) is 2.92. The van der Waals surface area contributed by atoms with E-state index in [1.54, 1.807) is 0 Å². The molecule has 1 aliphatic rings. The first kappa shape index (κ1) is 13.7. The quantitative estimate of drug-likeness (QED) is 0.903. The first-order chi connectivity index (χ1) is 10.2. The van der Waals surface area contributed by atoms with Crippen molar-refractivity contribution in [1.29, 1.82) is 0 Å². The molecule has 2 aromatic carbocycles. The number of fused-ring (bicyclic) bond motifs is 1. The van der Waals surface area contributed by atoms with E-state index in [1.165, 1.54) is 11.1 Å². The third-order valence-corrected chi connectivity index (χ3v) is 4.16. The van der Waals surface area contributed by atoms with Crippen LogP contribution in [0.2, 0.25) is 0 Å². The number of rotatable bonds is 4. The molecule has 3 heteroatoms. The molecule has 0 fully saturated rings. The summed E-state index contributed by atoms with van der Waals surface area (Å²) < 4.78 is 0. The SMILES string of the molecule is CNc1cc(C)ccc1C(=O)NCC1Cc2ccccc21. The maximum absolute atomic E-state index is 12.3. The Labute approximate surface area is 125 Å². The van der Waals surface area contributed by atoms with Crippen LogP contribution < -0.4 is 10.6 Å². The molecule has 1 atom stereocenters. The van der Waals surface area contributed by atoms with E-state index in [0.717, 1.165) is 17.7 Å².